The van der Waals surface area contributed by atoms with Crippen LogP contribution in [0.25, 0.3) is 0 Å². The molecule has 0 unspecified atom stereocenters. The first-order chi connectivity index (χ1) is 8.69. The third kappa shape index (κ3) is 2.91. The van der Waals surface area contributed by atoms with Crippen LogP contribution in [-0.2, 0) is 0 Å². The molecule has 0 aromatic heterocycles. The van der Waals surface area contributed by atoms with Crippen molar-refractivity contribution in [3.63, 3.8) is 0 Å². The SMILES string of the molecule is CCOc1cccc(Oc2cc(F)ccc2N)c1. The molecule has 0 spiro atoms. The van der Waals surface area contributed by atoms with E-state index in [9.17, 15) is 4.39 Å². The van der Waals surface area contributed by atoms with Crippen molar-refractivity contribution in [2.75, 3.05) is 12.3 Å². The molecule has 0 atom stereocenters. The van der Waals surface area contributed by atoms with Gasteiger partial charge in [-0.15, -0.1) is 0 Å². The van der Waals surface area contributed by atoms with E-state index >= 15 is 0 Å². The Bertz CT molecular complexity index is 543. The van der Waals surface area contributed by atoms with Crippen molar-refractivity contribution in [1.82, 2.24) is 0 Å². The number of halogens is 1. The Balaban J connectivity index is 2.22. The van der Waals surface area contributed by atoms with Crippen molar-refractivity contribution in [2.24, 2.45) is 0 Å². The lowest BCUT2D eigenvalue weighted by atomic mass is 10.3. The summed E-state index contributed by atoms with van der Waals surface area (Å²) >= 11 is 0. The Morgan fingerprint density at radius 2 is 1.89 bits per heavy atom. The molecule has 0 aliphatic carbocycles. The summed E-state index contributed by atoms with van der Waals surface area (Å²) in [6.45, 7) is 2.48. The van der Waals surface area contributed by atoms with Crippen molar-refractivity contribution in [2.45, 2.75) is 6.92 Å². The Hall–Kier alpha value is -2.23. The first kappa shape index (κ1) is 12.2. The molecule has 0 aliphatic heterocycles. The van der Waals surface area contributed by atoms with Gasteiger partial charge in [0.05, 0.1) is 12.3 Å². The van der Waals surface area contributed by atoms with E-state index in [1.807, 2.05) is 13.0 Å². The van der Waals surface area contributed by atoms with Gasteiger partial charge in [0.25, 0.3) is 0 Å². The van der Waals surface area contributed by atoms with Crippen LogP contribution in [0.3, 0.4) is 0 Å². The molecule has 0 bridgehead atoms. The largest absolute Gasteiger partial charge is 0.494 e. The molecule has 4 heteroatoms. The summed E-state index contributed by atoms with van der Waals surface area (Å²) in [6.07, 6.45) is 0. The zero-order valence-electron chi connectivity index (χ0n) is 10.0. The van der Waals surface area contributed by atoms with E-state index in [0.29, 0.717) is 29.5 Å². The molecule has 0 fully saturated rings. The molecule has 0 amide bonds. The number of ether oxygens (including phenoxy) is 2. The highest BCUT2D eigenvalue weighted by atomic mass is 19.1. The van der Waals surface area contributed by atoms with Crippen LogP contribution in [0.5, 0.6) is 17.2 Å². The Labute approximate surface area is 105 Å². The lowest BCUT2D eigenvalue weighted by Crippen LogP contribution is -1.94. The molecule has 2 aromatic carbocycles. The Kier molecular flexibility index (Phi) is 3.67. The summed E-state index contributed by atoms with van der Waals surface area (Å²) in [4.78, 5) is 0. The summed E-state index contributed by atoms with van der Waals surface area (Å²) in [7, 11) is 0. The van der Waals surface area contributed by atoms with Gasteiger partial charge in [-0.05, 0) is 31.2 Å². The van der Waals surface area contributed by atoms with Gasteiger partial charge in [0.1, 0.15) is 17.3 Å². The van der Waals surface area contributed by atoms with E-state index in [2.05, 4.69) is 0 Å². The quantitative estimate of drug-likeness (QED) is 0.839. The minimum Gasteiger partial charge on any atom is -0.494 e. The van der Waals surface area contributed by atoms with Crippen LogP contribution in [0, 0.1) is 5.82 Å². The Morgan fingerprint density at radius 3 is 2.67 bits per heavy atom. The number of anilines is 1. The molecule has 3 nitrogen and oxygen atoms in total. The number of benzene rings is 2. The van der Waals surface area contributed by atoms with Gasteiger partial charge in [0.2, 0.25) is 0 Å². The molecule has 0 aliphatic rings. The van der Waals surface area contributed by atoms with Gasteiger partial charge in [0, 0.05) is 12.1 Å². The zero-order valence-corrected chi connectivity index (χ0v) is 10.0. The summed E-state index contributed by atoms with van der Waals surface area (Å²) < 4.78 is 24.0. The smallest absolute Gasteiger partial charge is 0.153 e. The highest BCUT2D eigenvalue weighted by Gasteiger charge is 2.05. The van der Waals surface area contributed by atoms with Crippen LogP contribution in [0.1, 0.15) is 6.92 Å². The minimum atomic E-state index is -0.389. The van der Waals surface area contributed by atoms with E-state index in [4.69, 9.17) is 15.2 Å². The van der Waals surface area contributed by atoms with Crippen molar-refractivity contribution >= 4 is 5.69 Å². The molecule has 94 valence electrons. The van der Waals surface area contributed by atoms with Gasteiger partial charge >= 0.3 is 0 Å². The molecule has 2 N–H and O–H groups in total. The van der Waals surface area contributed by atoms with Crippen LogP contribution in [-0.4, -0.2) is 6.61 Å². The van der Waals surface area contributed by atoms with Gasteiger partial charge in [0.15, 0.2) is 5.75 Å². The third-order valence-corrected chi connectivity index (χ3v) is 2.32. The molecule has 2 aromatic rings. The number of hydrogen-bond donors (Lipinski definition) is 1. The zero-order chi connectivity index (χ0) is 13.0. The molecule has 0 saturated heterocycles. The van der Waals surface area contributed by atoms with Crippen molar-refractivity contribution in [1.29, 1.82) is 0 Å². The van der Waals surface area contributed by atoms with Crippen molar-refractivity contribution in [3.05, 3.63) is 48.3 Å². The lowest BCUT2D eigenvalue weighted by Gasteiger charge is -2.10. The summed E-state index contributed by atoms with van der Waals surface area (Å²) in [6, 6.07) is 11.1. The van der Waals surface area contributed by atoms with Crippen molar-refractivity contribution in [3.8, 4) is 17.2 Å². The summed E-state index contributed by atoms with van der Waals surface area (Å²) in [5, 5.41) is 0. The number of rotatable bonds is 4. The summed E-state index contributed by atoms with van der Waals surface area (Å²) in [5.41, 5.74) is 6.10. The number of nitrogen functional groups attached to an aromatic ring is 1. The molecule has 0 radical (unpaired) electrons. The molecular formula is C14H14FNO2. The van der Waals surface area contributed by atoms with Crippen LogP contribution < -0.4 is 15.2 Å². The van der Waals surface area contributed by atoms with E-state index in [-0.39, 0.29) is 5.82 Å². The molecule has 2 rings (SSSR count). The number of nitrogens with two attached hydrogens (primary N) is 1. The van der Waals surface area contributed by atoms with Gasteiger partial charge < -0.3 is 15.2 Å². The average molecular weight is 247 g/mol. The first-order valence-corrected chi connectivity index (χ1v) is 5.65. The lowest BCUT2D eigenvalue weighted by molar-refractivity contribution is 0.338. The maximum Gasteiger partial charge on any atom is 0.153 e. The molecule has 18 heavy (non-hydrogen) atoms. The van der Waals surface area contributed by atoms with Crippen LogP contribution in [0.4, 0.5) is 10.1 Å². The third-order valence-electron chi connectivity index (χ3n) is 2.32. The van der Waals surface area contributed by atoms with Gasteiger partial charge in [-0.1, -0.05) is 6.07 Å². The minimum absolute atomic E-state index is 0.295. The van der Waals surface area contributed by atoms with E-state index in [1.165, 1.54) is 18.2 Å². The highest BCUT2D eigenvalue weighted by Crippen LogP contribution is 2.29. The normalized spacial score (nSPS) is 10.1. The van der Waals surface area contributed by atoms with E-state index in [0.717, 1.165) is 0 Å². The molecular weight excluding hydrogens is 233 g/mol. The second kappa shape index (κ2) is 5.40. The number of hydrogen-bond acceptors (Lipinski definition) is 3. The summed E-state index contributed by atoms with van der Waals surface area (Å²) in [5.74, 6) is 1.16. The molecule has 0 saturated carbocycles. The van der Waals surface area contributed by atoms with Crippen molar-refractivity contribution < 1.29 is 13.9 Å². The second-order valence-electron chi connectivity index (χ2n) is 3.69. The fraction of sp³-hybridized carbons (Fsp3) is 0.143. The average Bonchev–Trinajstić information content (AvgIpc) is 2.35. The maximum absolute atomic E-state index is 13.1. The fourth-order valence-electron chi connectivity index (χ4n) is 1.52. The predicted molar refractivity (Wildman–Crippen MR) is 68.5 cm³/mol. The second-order valence-corrected chi connectivity index (χ2v) is 3.69. The topological polar surface area (TPSA) is 44.5 Å². The monoisotopic (exact) mass is 247 g/mol. The van der Waals surface area contributed by atoms with Gasteiger partial charge in [-0.25, -0.2) is 4.39 Å². The van der Waals surface area contributed by atoms with Gasteiger partial charge in [-0.3, -0.25) is 0 Å². The fourth-order valence-corrected chi connectivity index (χ4v) is 1.52. The van der Waals surface area contributed by atoms with E-state index < -0.39 is 0 Å². The molecule has 0 heterocycles. The first-order valence-electron chi connectivity index (χ1n) is 5.65. The maximum atomic E-state index is 13.1. The standard InChI is InChI=1S/C14H14FNO2/c1-2-17-11-4-3-5-12(9-11)18-14-8-10(15)6-7-13(14)16/h3-9H,2,16H2,1H3. The van der Waals surface area contributed by atoms with Crippen LogP contribution in [0.2, 0.25) is 0 Å². The van der Waals surface area contributed by atoms with E-state index in [1.54, 1.807) is 18.2 Å². The Morgan fingerprint density at radius 1 is 1.11 bits per heavy atom. The van der Waals surface area contributed by atoms with Crippen LogP contribution in [0.15, 0.2) is 42.5 Å². The van der Waals surface area contributed by atoms with Gasteiger partial charge in [-0.2, -0.15) is 0 Å². The predicted octanol–water partition coefficient (Wildman–Crippen LogP) is 3.60. The van der Waals surface area contributed by atoms with Crippen LogP contribution >= 0.6 is 0 Å². The highest BCUT2D eigenvalue weighted by molar-refractivity contribution is 5.54.